The number of carbonyl (C=O) groups excluding carboxylic acids is 5. The minimum atomic E-state index is -1.00. The molecule has 0 unspecified atom stereocenters. The van der Waals surface area contributed by atoms with Crippen molar-refractivity contribution in [2.24, 2.45) is 23.5 Å². The van der Waals surface area contributed by atoms with E-state index in [1.165, 1.54) is 0 Å². The molecule has 0 bridgehead atoms. The van der Waals surface area contributed by atoms with E-state index in [9.17, 15) is 24.0 Å². The van der Waals surface area contributed by atoms with Crippen LogP contribution in [0, 0.1) is 17.8 Å². The largest absolute Gasteiger partial charge is 0.343 e. The molecule has 5 amide bonds. The molecule has 1 fully saturated rings. The molecule has 0 spiro atoms. The van der Waals surface area contributed by atoms with Gasteiger partial charge in [-0.05, 0) is 62.0 Å². The number of hydrogen-bond acceptors (Lipinski definition) is 6. The van der Waals surface area contributed by atoms with Gasteiger partial charge in [0.05, 0.1) is 0 Å². The molecule has 11 heteroatoms. The molecule has 0 aliphatic carbocycles. The van der Waals surface area contributed by atoms with Crippen molar-refractivity contribution in [2.45, 2.75) is 110 Å². The number of hydrogen-bond donors (Lipinski definition) is 6. The first-order valence-electron chi connectivity index (χ1n) is 15.6. The van der Waals surface area contributed by atoms with E-state index < -0.39 is 59.7 Å². The van der Waals surface area contributed by atoms with Crippen molar-refractivity contribution in [3.05, 3.63) is 35.9 Å². The SMILES string of the molecule is CC(C)C[C@@H]1NC(=O)[C@H](Cc2ccccc2)NC(=O)[C@H](CC(C)C)NC(=O)[C@@H](C(C)C)NC(=O)[C@H](CCCCN)NC1=O. The Labute approximate surface area is 256 Å². The number of benzene rings is 1. The van der Waals surface area contributed by atoms with E-state index in [4.69, 9.17) is 5.73 Å². The predicted octanol–water partition coefficient (Wildman–Crippen LogP) is 1.54. The molecule has 43 heavy (non-hydrogen) atoms. The average molecular weight is 601 g/mol. The molecule has 1 aliphatic heterocycles. The maximum atomic E-state index is 13.7. The third-order valence-electron chi connectivity index (χ3n) is 7.42. The highest BCUT2D eigenvalue weighted by molar-refractivity contribution is 5.98. The Morgan fingerprint density at radius 3 is 1.58 bits per heavy atom. The van der Waals surface area contributed by atoms with Crippen molar-refractivity contribution >= 4 is 29.5 Å². The summed E-state index contributed by atoms with van der Waals surface area (Å²) in [6.45, 7) is 11.8. The van der Waals surface area contributed by atoms with Crippen LogP contribution in [0.5, 0.6) is 0 Å². The number of amides is 5. The van der Waals surface area contributed by atoms with Crippen LogP contribution < -0.4 is 32.3 Å². The maximum Gasteiger partial charge on any atom is 0.243 e. The van der Waals surface area contributed by atoms with Gasteiger partial charge in [-0.3, -0.25) is 24.0 Å². The minimum absolute atomic E-state index is 0.0485. The molecule has 0 radical (unpaired) electrons. The quantitative estimate of drug-likeness (QED) is 0.210. The van der Waals surface area contributed by atoms with Crippen molar-refractivity contribution in [3.8, 4) is 0 Å². The summed E-state index contributed by atoms with van der Waals surface area (Å²) in [5.41, 5.74) is 6.49. The van der Waals surface area contributed by atoms with Crippen LogP contribution in [0.3, 0.4) is 0 Å². The third-order valence-corrected chi connectivity index (χ3v) is 7.42. The summed E-state index contributed by atoms with van der Waals surface area (Å²) in [5.74, 6) is -2.74. The zero-order valence-corrected chi connectivity index (χ0v) is 26.6. The highest BCUT2D eigenvalue weighted by atomic mass is 16.2. The summed E-state index contributed by atoms with van der Waals surface area (Å²) in [4.78, 5) is 68.1. The molecule has 0 aromatic heterocycles. The number of nitrogens with two attached hydrogens (primary N) is 1. The summed E-state index contributed by atoms with van der Waals surface area (Å²) < 4.78 is 0. The Morgan fingerprint density at radius 1 is 0.605 bits per heavy atom. The van der Waals surface area contributed by atoms with Gasteiger partial charge in [0.1, 0.15) is 30.2 Å². The molecule has 1 aromatic carbocycles. The molecule has 2 rings (SSSR count). The van der Waals surface area contributed by atoms with Gasteiger partial charge in [-0.2, -0.15) is 0 Å². The first-order valence-corrected chi connectivity index (χ1v) is 15.6. The summed E-state index contributed by atoms with van der Waals surface area (Å²) in [6.07, 6.45) is 2.40. The molecule has 0 saturated carbocycles. The molecule has 1 heterocycles. The topological polar surface area (TPSA) is 172 Å². The van der Waals surface area contributed by atoms with Crippen molar-refractivity contribution < 1.29 is 24.0 Å². The van der Waals surface area contributed by atoms with Crippen LogP contribution in [0.2, 0.25) is 0 Å². The van der Waals surface area contributed by atoms with E-state index in [0.717, 1.165) is 5.56 Å². The van der Waals surface area contributed by atoms with Crippen molar-refractivity contribution in [2.75, 3.05) is 6.54 Å². The number of carbonyl (C=O) groups is 5. The van der Waals surface area contributed by atoms with E-state index in [-0.39, 0.29) is 24.2 Å². The standard InChI is InChI=1S/C32H52N6O5/c1-19(2)16-24-29(40)34-23(14-10-11-15-33)28(39)38-27(21(5)6)32(43)37-25(17-20(3)4)30(41)36-26(31(42)35-24)18-22-12-8-7-9-13-22/h7-9,12-13,19-21,23-27H,10-11,14-18,33H2,1-6H3,(H,34,40)(H,35,42)(H,36,41)(H,37,43)(H,38,39)/t23-,24-,25-,26-,27+/m0/s1. The Kier molecular flexibility index (Phi) is 14.6. The summed E-state index contributed by atoms with van der Waals surface area (Å²) >= 11 is 0. The van der Waals surface area contributed by atoms with Crippen LogP contribution in [0.4, 0.5) is 0 Å². The van der Waals surface area contributed by atoms with Gasteiger partial charge in [0, 0.05) is 6.42 Å². The number of rotatable bonds is 11. The van der Waals surface area contributed by atoms with Crippen LogP contribution in [0.1, 0.15) is 79.2 Å². The van der Waals surface area contributed by atoms with Gasteiger partial charge >= 0.3 is 0 Å². The summed E-state index contributed by atoms with van der Waals surface area (Å²) in [6, 6.07) is 4.51. The lowest BCUT2D eigenvalue weighted by Gasteiger charge is -2.28. The lowest BCUT2D eigenvalue weighted by atomic mass is 9.98. The lowest BCUT2D eigenvalue weighted by molar-refractivity contribution is -0.135. The van der Waals surface area contributed by atoms with Gasteiger partial charge in [0.15, 0.2) is 0 Å². The summed E-state index contributed by atoms with van der Waals surface area (Å²) in [7, 11) is 0. The first kappa shape index (κ1) is 35.7. The van der Waals surface area contributed by atoms with Gasteiger partial charge in [-0.25, -0.2) is 0 Å². The molecule has 1 aliphatic rings. The van der Waals surface area contributed by atoms with E-state index in [1.807, 2.05) is 58.0 Å². The molecule has 1 aromatic rings. The molecular formula is C32H52N6O5. The van der Waals surface area contributed by atoms with Crippen LogP contribution in [-0.4, -0.2) is 66.3 Å². The van der Waals surface area contributed by atoms with Crippen molar-refractivity contribution in [3.63, 3.8) is 0 Å². The van der Waals surface area contributed by atoms with E-state index >= 15 is 0 Å². The fourth-order valence-corrected chi connectivity index (χ4v) is 5.09. The fourth-order valence-electron chi connectivity index (χ4n) is 5.09. The Hall–Kier alpha value is -3.47. The lowest BCUT2D eigenvalue weighted by Crippen LogP contribution is -2.59. The second-order valence-electron chi connectivity index (χ2n) is 12.7. The highest BCUT2D eigenvalue weighted by Gasteiger charge is 2.35. The number of unbranched alkanes of at least 4 members (excludes halogenated alkanes) is 1. The first-order chi connectivity index (χ1) is 20.3. The zero-order chi connectivity index (χ0) is 32.1. The van der Waals surface area contributed by atoms with Crippen molar-refractivity contribution in [1.82, 2.24) is 26.6 Å². The number of nitrogens with one attached hydrogen (secondary N) is 5. The second kappa shape index (κ2) is 17.6. The molecular weight excluding hydrogens is 548 g/mol. The van der Waals surface area contributed by atoms with Crippen LogP contribution in [0.15, 0.2) is 30.3 Å². The Balaban J connectivity index is 2.57. The monoisotopic (exact) mass is 600 g/mol. The third kappa shape index (κ3) is 12.0. The maximum absolute atomic E-state index is 13.7. The van der Waals surface area contributed by atoms with Crippen LogP contribution in [0.25, 0.3) is 0 Å². The normalized spacial score (nSPS) is 24.5. The van der Waals surface area contributed by atoms with E-state index in [2.05, 4.69) is 26.6 Å². The fraction of sp³-hybridized carbons (Fsp3) is 0.656. The van der Waals surface area contributed by atoms with Gasteiger partial charge in [-0.15, -0.1) is 0 Å². The molecule has 7 N–H and O–H groups in total. The van der Waals surface area contributed by atoms with Gasteiger partial charge in [0.2, 0.25) is 29.5 Å². The molecule has 1 saturated heterocycles. The van der Waals surface area contributed by atoms with Crippen LogP contribution in [-0.2, 0) is 30.4 Å². The smallest absolute Gasteiger partial charge is 0.243 e. The van der Waals surface area contributed by atoms with Crippen LogP contribution >= 0.6 is 0 Å². The molecule has 11 nitrogen and oxygen atoms in total. The average Bonchev–Trinajstić information content (AvgIpc) is 2.93. The predicted molar refractivity (Wildman–Crippen MR) is 166 cm³/mol. The van der Waals surface area contributed by atoms with Gasteiger partial charge in [0.25, 0.3) is 0 Å². The molecule has 5 atom stereocenters. The van der Waals surface area contributed by atoms with Gasteiger partial charge in [-0.1, -0.05) is 71.9 Å². The van der Waals surface area contributed by atoms with E-state index in [0.29, 0.717) is 38.6 Å². The van der Waals surface area contributed by atoms with Gasteiger partial charge < -0.3 is 32.3 Å². The zero-order valence-electron chi connectivity index (χ0n) is 26.6. The Morgan fingerprint density at radius 2 is 1.07 bits per heavy atom. The van der Waals surface area contributed by atoms with Crippen molar-refractivity contribution in [1.29, 1.82) is 0 Å². The molecule has 240 valence electrons. The Bertz CT molecular complexity index is 1080. The summed E-state index contributed by atoms with van der Waals surface area (Å²) in [5, 5.41) is 14.2. The minimum Gasteiger partial charge on any atom is -0.343 e. The highest BCUT2D eigenvalue weighted by Crippen LogP contribution is 2.13. The second-order valence-corrected chi connectivity index (χ2v) is 12.7. The van der Waals surface area contributed by atoms with E-state index in [1.54, 1.807) is 13.8 Å².